The largest absolute Gasteiger partial charge is 0.357 e. The van der Waals surface area contributed by atoms with E-state index < -0.39 is 0 Å². The molecule has 5 nitrogen and oxygen atoms in total. The molecule has 1 saturated heterocycles. The van der Waals surface area contributed by atoms with Crippen LogP contribution in [-0.4, -0.2) is 54.5 Å². The molecule has 0 spiro atoms. The summed E-state index contributed by atoms with van der Waals surface area (Å²) >= 11 is 0. The van der Waals surface area contributed by atoms with Crippen LogP contribution in [0.1, 0.15) is 37.4 Å². The van der Waals surface area contributed by atoms with Gasteiger partial charge < -0.3 is 15.1 Å². The summed E-state index contributed by atoms with van der Waals surface area (Å²) in [5.41, 5.74) is 2.50. The molecule has 0 amide bonds. The number of hydrogen-bond donors (Lipinski definition) is 1. The molecule has 1 N–H and O–H groups in total. The van der Waals surface area contributed by atoms with Crippen LogP contribution in [0.15, 0.2) is 0 Å². The summed E-state index contributed by atoms with van der Waals surface area (Å²) in [6.45, 7) is 8.68. The second kappa shape index (κ2) is 7.27. The van der Waals surface area contributed by atoms with Crippen LogP contribution >= 0.6 is 0 Å². The van der Waals surface area contributed by atoms with Gasteiger partial charge in [0.05, 0.1) is 5.69 Å². The molecule has 0 bridgehead atoms. The molecule has 1 aromatic rings. The third-order valence-electron chi connectivity index (χ3n) is 4.61. The van der Waals surface area contributed by atoms with E-state index in [1.165, 1.54) is 43.7 Å². The van der Waals surface area contributed by atoms with Gasteiger partial charge in [0.15, 0.2) is 0 Å². The highest BCUT2D eigenvalue weighted by atomic mass is 15.4. The van der Waals surface area contributed by atoms with Gasteiger partial charge in [0.1, 0.15) is 5.82 Å². The van der Waals surface area contributed by atoms with Gasteiger partial charge in [-0.25, -0.2) is 0 Å². The lowest BCUT2D eigenvalue weighted by molar-refractivity contribution is 0.252. The first-order valence-electron chi connectivity index (χ1n) is 8.19. The number of piperidine rings is 1. The Bertz CT molecular complexity index is 446. The Labute approximate surface area is 129 Å². The molecule has 2 rings (SSSR count). The molecule has 1 fully saturated rings. The van der Waals surface area contributed by atoms with E-state index in [0.29, 0.717) is 6.04 Å². The van der Waals surface area contributed by atoms with Crippen molar-refractivity contribution in [1.82, 2.24) is 20.0 Å². The van der Waals surface area contributed by atoms with Crippen molar-refractivity contribution in [2.75, 3.05) is 38.6 Å². The first-order valence-corrected chi connectivity index (χ1v) is 8.19. The minimum Gasteiger partial charge on any atom is -0.357 e. The lowest BCUT2D eigenvalue weighted by Gasteiger charge is -2.36. The molecular formula is C16H31N5. The van der Waals surface area contributed by atoms with Crippen LogP contribution in [0.2, 0.25) is 0 Å². The summed E-state index contributed by atoms with van der Waals surface area (Å²) in [6, 6.07) is 0.626. The third kappa shape index (κ3) is 3.77. The van der Waals surface area contributed by atoms with Gasteiger partial charge in [-0.05, 0) is 52.9 Å². The Morgan fingerprint density at radius 3 is 2.57 bits per heavy atom. The molecule has 0 unspecified atom stereocenters. The molecule has 0 aromatic carbocycles. The Morgan fingerprint density at radius 1 is 1.29 bits per heavy atom. The molecule has 0 saturated carbocycles. The van der Waals surface area contributed by atoms with Gasteiger partial charge in [-0.3, -0.25) is 4.68 Å². The predicted octanol–water partition coefficient (Wildman–Crippen LogP) is 1.76. The molecule has 2 heterocycles. The molecule has 1 aliphatic heterocycles. The molecular weight excluding hydrogens is 262 g/mol. The minimum atomic E-state index is 0.626. The summed E-state index contributed by atoms with van der Waals surface area (Å²) in [5.74, 6) is 1.28. The molecule has 0 radical (unpaired) electrons. The number of rotatable bonds is 6. The fourth-order valence-corrected chi connectivity index (χ4v) is 3.28. The van der Waals surface area contributed by atoms with Crippen LogP contribution in [0.4, 0.5) is 5.82 Å². The van der Waals surface area contributed by atoms with Crippen molar-refractivity contribution in [3.05, 3.63) is 11.3 Å². The molecule has 0 atom stereocenters. The number of hydrogen-bond acceptors (Lipinski definition) is 4. The summed E-state index contributed by atoms with van der Waals surface area (Å²) in [4.78, 5) is 4.87. The molecule has 120 valence electrons. The maximum atomic E-state index is 4.65. The predicted molar refractivity (Wildman–Crippen MR) is 88.9 cm³/mol. The topological polar surface area (TPSA) is 36.3 Å². The fraction of sp³-hybridized carbons (Fsp3) is 0.812. The lowest BCUT2D eigenvalue weighted by Crippen LogP contribution is -2.43. The number of nitrogens with one attached hydrogen (secondary N) is 1. The third-order valence-corrected chi connectivity index (χ3v) is 4.61. The van der Waals surface area contributed by atoms with E-state index in [4.69, 9.17) is 0 Å². The first kappa shape index (κ1) is 16.3. The number of likely N-dealkylation sites (tertiary alicyclic amines) is 1. The van der Waals surface area contributed by atoms with E-state index in [9.17, 15) is 0 Å². The molecule has 1 aromatic heterocycles. The number of aromatic nitrogens is 2. The van der Waals surface area contributed by atoms with Crippen molar-refractivity contribution in [2.45, 2.75) is 45.7 Å². The van der Waals surface area contributed by atoms with Gasteiger partial charge in [0.25, 0.3) is 0 Å². The standard InChI is InChI=1S/C16H31N5/c1-6-9-17-12-15-13(2)18-21(5)16(15)20(4)14-7-10-19(3)11-8-14/h14,17H,6-12H2,1-5H3. The Hall–Kier alpha value is -1.07. The van der Waals surface area contributed by atoms with Gasteiger partial charge in [0.2, 0.25) is 0 Å². The SMILES string of the molecule is CCCNCc1c(C)nn(C)c1N(C)C1CCN(C)CC1. The van der Waals surface area contributed by atoms with Crippen molar-refractivity contribution < 1.29 is 0 Å². The highest BCUT2D eigenvalue weighted by Crippen LogP contribution is 2.27. The van der Waals surface area contributed by atoms with Gasteiger partial charge in [-0.15, -0.1) is 0 Å². The maximum Gasteiger partial charge on any atom is 0.131 e. The second-order valence-electron chi connectivity index (χ2n) is 6.33. The van der Waals surface area contributed by atoms with Gasteiger partial charge >= 0.3 is 0 Å². The first-order chi connectivity index (χ1) is 10.0. The summed E-state index contributed by atoms with van der Waals surface area (Å²) in [5, 5.41) is 8.17. The van der Waals surface area contributed by atoms with Gasteiger partial charge in [-0.2, -0.15) is 5.10 Å². The number of anilines is 1. The van der Waals surface area contributed by atoms with Crippen LogP contribution in [0.3, 0.4) is 0 Å². The van der Waals surface area contributed by atoms with Crippen molar-refractivity contribution >= 4 is 5.82 Å². The van der Waals surface area contributed by atoms with Crippen molar-refractivity contribution in [3.8, 4) is 0 Å². The molecule has 5 heteroatoms. The van der Waals surface area contributed by atoms with Crippen LogP contribution in [0, 0.1) is 6.92 Å². The summed E-state index contributed by atoms with van der Waals surface area (Å²) in [7, 11) is 6.51. The Balaban J connectivity index is 2.13. The van der Waals surface area contributed by atoms with Crippen molar-refractivity contribution in [1.29, 1.82) is 0 Å². The van der Waals surface area contributed by atoms with Crippen LogP contribution < -0.4 is 10.2 Å². The highest BCUT2D eigenvalue weighted by molar-refractivity contribution is 5.50. The van der Waals surface area contributed by atoms with E-state index in [-0.39, 0.29) is 0 Å². The van der Waals surface area contributed by atoms with E-state index in [2.05, 4.69) is 59.9 Å². The van der Waals surface area contributed by atoms with E-state index >= 15 is 0 Å². The van der Waals surface area contributed by atoms with Crippen LogP contribution in [-0.2, 0) is 13.6 Å². The number of nitrogens with zero attached hydrogens (tertiary/aromatic N) is 4. The minimum absolute atomic E-state index is 0.626. The lowest BCUT2D eigenvalue weighted by atomic mass is 10.0. The van der Waals surface area contributed by atoms with E-state index in [1.807, 2.05) is 0 Å². The average molecular weight is 293 g/mol. The average Bonchev–Trinajstić information content (AvgIpc) is 2.74. The van der Waals surface area contributed by atoms with Crippen LogP contribution in [0.25, 0.3) is 0 Å². The monoisotopic (exact) mass is 293 g/mol. The van der Waals surface area contributed by atoms with Crippen molar-refractivity contribution in [3.63, 3.8) is 0 Å². The number of aryl methyl sites for hydroxylation is 2. The highest BCUT2D eigenvalue weighted by Gasteiger charge is 2.25. The van der Waals surface area contributed by atoms with E-state index in [1.54, 1.807) is 0 Å². The smallest absolute Gasteiger partial charge is 0.131 e. The van der Waals surface area contributed by atoms with E-state index in [0.717, 1.165) is 18.8 Å². The molecule has 0 aliphatic carbocycles. The Morgan fingerprint density at radius 2 is 1.95 bits per heavy atom. The van der Waals surface area contributed by atoms with Crippen LogP contribution in [0.5, 0.6) is 0 Å². The second-order valence-corrected chi connectivity index (χ2v) is 6.33. The Kier molecular flexibility index (Phi) is 5.65. The fourth-order valence-electron chi connectivity index (χ4n) is 3.28. The zero-order valence-corrected chi connectivity index (χ0v) is 14.3. The zero-order valence-electron chi connectivity index (χ0n) is 14.3. The molecule has 21 heavy (non-hydrogen) atoms. The zero-order chi connectivity index (χ0) is 15.4. The van der Waals surface area contributed by atoms with Gasteiger partial charge in [0, 0.05) is 32.2 Å². The maximum absolute atomic E-state index is 4.65. The summed E-state index contributed by atoms with van der Waals surface area (Å²) < 4.78 is 2.05. The van der Waals surface area contributed by atoms with Crippen molar-refractivity contribution in [2.24, 2.45) is 7.05 Å². The quantitative estimate of drug-likeness (QED) is 0.811. The summed E-state index contributed by atoms with van der Waals surface area (Å²) in [6.07, 6.45) is 3.64. The van der Waals surface area contributed by atoms with Gasteiger partial charge in [-0.1, -0.05) is 6.92 Å². The normalized spacial score (nSPS) is 17.4. The molecule has 1 aliphatic rings.